The Morgan fingerprint density at radius 3 is 2.70 bits per heavy atom. The van der Waals surface area contributed by atoms with Crippen molar-refractivity contribution in [1.29, 1.82) is 0 Å². The van der Waals surface area contributed by atoms with Gasteiger partial charge in [0.1, 0.15) is 5.02 Å². The molecule has 108 valence electrons. The summed E-state index contributed by atoms with van der Waals surface area (Å²) in [6.45, 7) is 0. The number of nitrogens with zero attached hydrogens (tertiary/aromatic N) is 1. The zero-order valence-corrected chi connectivity index (χ0v) is 12.5. The maximum Gasteiger partial charge on any atom is 0.289 e. The summed E-state index contributed by atoms with van der Waals surface area (Å²) >= 11 is 11.0. The molecule has 1 saturated carbocycles. The van der Waals surface area contributed by atoms with Gasteiger partial charge in [0.2, 0.25) is 0 Å². The molecular formula is C13H16ClN3O2S. The van der Waals surface area contributed by atoms with E-state index >= 15 is 0 Å². The first-order valence-corrected chi connectivity index (χ1v) is 7.36. The van der Waals surface area contributed by atoms with Crippen LogP contribution >= 0.6 is 23.8 Å². The van der Waals surface area contributed by atoms with Crippen molar-refractivity contribution in [2.24, 2.45) is 0 Å². The molecule has 1 aliphatic carbocycles. The Kier molecular flexibility index (Phi) is 5.14. The number of halogens is 1. The van der Waals surface area contributed by atoms with Crippen LogP contribution in [0, 0.1) is 10.1 Å². The van der Waals surface area contributed by atoms with Crippen LogP contribution in [-0.2, 0) is 0 Å². The predicted molar refractivity (Wildman–Crippen MR) is 84.3 cm³/mol. The van der Waals surface area contributed by atoms with Gasteiger partial charge in [-0.15, -0.1) is 0 Å². The molecule has 1 fully saturated rings. The molecule has 2 rings (SSSR count). The molecule has 7 heteroatoms. The largest absolute Gasteiger partial charge is 0.360 e. The van der Waals surface area contributed by atoms with E-state index in [2.05, 4.69) is 10.6 Å². The van der Waals surface area contributed by atoms with Crippen molar-refractivity contribution in [1.82, 2.24) is 5.32 Å². The lowest BCUT2D eigenvalue weighted by atomic mass is 9.96. The minimum absolute atomic E-state index is 0.117. The van der Waals surface area contributed by atoms with Gasteiger partial charge in [-0.05, 0) is 37.2 Å². The van der Waals surface area contributed by atoms with Crippen molar-refractivity contribution in [3.8, 4) is 0 Å². The number of nitro groups is 1. The average molecular weight is 314 g/mol. The standard InChI is InChI=1S/C13H16ClN3O2S/c14-11-7-6-10(8-12(11)17(18)19)16-13(20)15-9-4-2-1-3-5-9/h6-9H,1-5H2,(H2,15,16,20). The van der Waals surface area contributed by atoms with Gasteiger partial charge in [0.05, 0.1) is 4.92 Å². The number of benzene rings is 1. The first kappa shape index (κ1) is 15.0. The van der Waals surface area contributed by atoms with Gasteiger partial charge in [0.15, 0.2) is 5.11 Å². The second-order valence-corrected chi connectivity index (χ2v) is 5.67. The van der Waals surface area contributed by atoms with E-state index in [0.717, 1.165) is 12.8 Å². The summed E-state index contributed by atoms with van der Waals surface area (Å²) in [5.74, 6) is 0. The fourth-order valence-corrected chi connectivity index (χ4v) is 2.80. The van der Waals surface area contributed by atoms with E-state index in [1.54, 1.807) is 6.07 Å². The molecule has 5 nitrogen and oxygen atoms in total. The van der Waals surface area contributed by atoms with Crippen LogP contribution in [0.15, 0.2) is 18.2 Å². The molecule has 0 spiro atoms. The molecule has 0 aliphatic heterocycles. The van der Waals surface area contributed by atoms with Crippen molar-refractivity contribution >= 4 is 40.3 Å². The minimum atomic E-state index is -0.509. The molecule has 1 aromatic carbocycles. The number of thiocarbonyl (C=S) groups is 1. The highest BCUT2D eigenvalue weighted by atomic mass is 35.5. The Bertz CT molecular complexity index is 518. The minimum Gasteiger partial charge on any atom is -0.360 e. The number of nitro benzene ring substituents is 1. The van der Waals surface area contributed by atoms with Gasteiger partial charge in [0, 0.05) is 17.8 Å². The van der Waals surface area contributed by atoms with Crippen LogP contribution in [-0.4, -0.2) is 16.1 Å². The van der Waals surface area contributed by atoms with Crippen LogP contribution in [0.4, 0.5) is 11.4 Å². The molecule has 0 amide bonds. The zero-order valence-electron chi connectivity index (χ0n) is 10.9. The van der Waals surface area contributed by atoms with E-state index in [1.807, 2.05) is 0 Å². The first-order chi connectivity index (χ1) is 9.56. The van der Waals surface area contributed by atoms with Crippen LogP contribution in [0.2, 0.25) is 5.02 Å². The van der Waals surface area contributed by atoms with E-state index in [-0.39, 0.29) is 10.7 Å². The third-order valence-corrected chi connectivity index (χ3v) is 3.88. The second kappa shape index (κ2) is 6.85. The van der Waals surface area contributed by atoms with Gasteiger partial charge in [-0.2, -0.15) is 0 Å². The first-order valence-electron chi connectivity index (χ1n) is 6.58. The molecule has 1 aliphatic rings. The van der Waals surface area contributed by atoms with Crippen molar-refractivity contribution in [3.05, 3.63) is 33.3 Å². The van der Waals surface area contributed by atoms with Gasteiger partial charge >= 0.3 is 0 Å². The van der Waals surface area contributed by atoms with Crippen molar-refractivity contribution in [3.63, 3.8) is 0 Å². The van der Waals surface area contributed by atoms with E-state index in [9.17, 15) is 10.1 Å². The van der Waals surface area contributed by atoms with Crippen LogP contribution < -0.4 is 10.6 Å². The highest BCUT2D eigenvalue weighted by molar-refractivity contribution is 7.80. The molecule has 0 saturated heterocycles. The molecular weight excluding hydrogens is 298 g/mol. The van der Waals surface area contributed by atoms with E-state index in [1.165, 1.54) is 31.4 Å². The number of anilines is 1. The molecule has 0 heterocycles. The maximum atomic E-state index is 10.8. The fraction of sp³-hybridized carbons (Fsp3) is 0.462. The molecule has 0 aromatic heterocycles. The zero-order chi connectivity index (χ0) is 14.5. The van der Waals surface area contributed by atoms with Crippen molar-refractivity contribution in [2.45, 2.75) is 38.1 Å². The molecule has 1 aromatic rings. The monoisotopic (exact) mass is 313 g/mol. The summed E-state index contributed by atoms with van der Waals surface area (Å²) in [6, 6.07) is 4.94. The molecule has 0 unspecified atom stereocenters. The quantitative estimate of drug-likeness (QED) is 0.504. The number of rotatable bonds is 3. The van der Waals surface area contributed by atoms with Crippen LogP contribution in [0.25, 0.3) is 0 Å². The number of nitrogens with one attached hydrogen (secondary N) is 2. The fourth-order valence-electron chi connectivity index (χ4n) is 2.33. The van der Waals surface area contributed by atoms with Crippen LogP contribution in [0.3, 0.4) is 0 Å². The Hall–Kier alpha value is -1.40. The topological polar surface area (TPSA) is 67.2 Å². The Morgan fingerprint density at radius 2 is 2.05 bits per heavy atom. The Labute approximate surface area is 127 Å². The van der Waals surface area contributed by atoms with Gasteiger partial charge in [-0.1, -0.05) is 30.9 Å². The summed E-state index contributed by atoms with van der Waals surface area (Å²) in [7, 11) is 0. The number of hydrogen-bond acceptors (Lipinski definition) is 3. The van der Waals surface area contributed by atoms with E-state index < -0.39 is 4.92 Å². The molecule has 0 atom stereocenters. The highest BCUT2D eigenvalue weighted by Crippen LogP contribution is 2.27. The van der Waals surface area contributed by atoms with E-state index in [4.69, 9.17) is 23.8 Å². The van der Waals surface area contributed by atoms with E-state index in [0.29, 0.717) is 16.8 Å². The Balaban J connectivity index is 1.96. The lowest BCUT2D eigenvalue weighted by Gasteiger charge is -2.24. The smallest absolute Gasteiger partial charge is 0.289 e. The van der Waals surface area contributed by atoms with Gasteiger partial charge in [0.25, 0.3) is 5.69 Å². The summed E-state index contributed by atoms with van der Waals surface area (Å²) in [5.41, 5.74) is 0.437. The second-order valence-electron chi connectivity index (χ2n) is 4.86. The molecule has 20 heavy (non-hydrogen) atoms. The summed E-state index contributed by atoms with van der Waals surface area (Å²) < 4.78 is 0. The highest BCUT2D eigenvalue weighted by Gasteiger charge is 2.16. The third kappa shape index (κ3) is 4.05. The SMILES string of the molecule is O=[N+]([O-])c1cc(NC(=S)NC2CCCCC2)ccc1Cl. The predicted octanol–water partition coefficient (Wildman–Crippen LogP) is 3.87. The van der Waals surface area contributed by atoms with Gasteiger partial charge in [-0.3, -0.25) is 10.1 Å². The third-order valence-electron chi connectivity index (χ3n) is 3.34. The summed E-state index contributed by atoms with van der Waals surface area (Å²) in [6.07, 6.45) is 5.94. The normalized spacial score (nSPS) is 15.7. The molecule has 0 bridgehead atoms. The average Bonchev–Trinajstić information content (AvgIpc) is 2.41. The number of hydrogen-bond donors (Lipinski definition) is 2. The maximum absolute atomic E-state index is 10.8. The van der Waals surface area contributed by atoms with Crippen LogP contribution in [0.5, 0.6) is 0 Å². The lowest BCUT2D eigenvalue weighted by Crippen LogP contribution is -2.38. The Morgan fingerprint density at radius 1 is 1.35 bits per heavy atom. The summed E-state index contributed by atoms with van der Waals surface area (Å²) in [4.78, 5) is 10.3. The van der Waals surface area contributed by atoms with Crippen molar-refractivity contribution in [2.75, 3.05) is 5.32 Å². The van der Waals surface area contributed by atoms with Gasteiger partial charge < -0.3 is 10.6 Å². The molecule has 0 radical (unpaired) electrons. The van der Waals surface area contributed by atoms with Crippen LogP contribution in [0.1, 0.15) is 32.1 Å². The van der Waals surface area contributed by atoms with Crippen molar-refractivity contribution < 1.29 is 4.92 Å². The molecule has 2 N–H and O–H groups in total. The summed E-state index contributed by atoms with van der Waals surface area (Å²) in [5, 5.41) is 17.6. The lowest BCUT2D eigenvalue weighted by molar-refractivity contribution is -0.384. The van der Waals surface area contributed by atoms with Gasteiger partial charge in [-0.25, -0.2) is 0 Å².